The summed E-state index contributed by atoms with van der Waals surface area (Å²) < 4.78 is 10.0. The monoisotopic (exact) mass is 449 g/mol. The van der Waals surface area contributed by atoms with E-state index in [1.165, 1.54) is 7.11 Å². The van der Waals surface area contributed by atoms with Gasteiger partial charge in [0, 0.05) is 13.1 Å². The minimum absolute atomic E-state index is 0. The number of hydrogen-bond donors (Lipinski definition) is 2. The van der Waals surface area contributed by atoms with Crippen LogP contribution in [-0.4, -0.2) is 45.8 Å². The lowest BCUT2D eigenvalue weighted by atomic mass is 10.1. The van der Waals surface area contributed by atoms with E-state index in [1.54, 1.807) is 14.0 Å². The van der Waals surface area contributed by atoms with Crippen molar-refractivity contribution in [3.05, 3.63) is 29.8 Å². The Hall–Kier alpha value is -1.51. The highest BCUT2D eigenvalue weighted by Gasteiger charge is 2.12. The average molecular weight is 449 g/mol. The SMILES string of the molecule is CCNC(=NCC(C)C(=O)OC)NCCc1ccccc1OC.I. The number of halogens is 1. The number of nitrogens with one attached hydrogen (secondary N) is 2. The lowest BCUT2D eigenvalue weighted by molar-refractivity contribution is -0.144. The maximum absolute atomic E-state index is 11.4. The molecule has 24 heavy (non-hydrogen) atoms. The number of methoxy groups -OCH3 is 2. The largest absolute Gasteiger partial charge is 0.496 e. The van der Waals surface area contributed by atoms with Crippen molar-refractivity contribution in [2.24, 2.45) is 10.9 Å². The van der Waals surface area contributed by atoms with Gasteiger partial charge < -0.3 is 20.1 Å². The van der Waals surface area contributed by atoms with Gasteiger partial charge in [0.1, 0.15) is 5.75 Å². The van der Waals surface area contributed by atoms with E-state index in [9.17, 15) is 4.79 Å². The Morgan fingerprint density at radius 2 is 1.96 bits per heavy atom. The van der Waals surface area contributed by atoms with Gasteiger partial charge in [0.25, 0.3) is 0 Å². The van der Waals surface area contributed by atoms with Crippen LogP contribution >= 0.6 is 24.0 Å². The quantitative estimate of drug-likeness (QED) is 0.276. The number of aliphatic imine (C=N–C) groups is 1. The molecule has 1 rings (SSSR count). The standard InChI is InChI=1S/C17H27N3O3.HI/c1-5-18-17(20-12-13(2)16(21)23-4)19-11-10-14-8-6-7-9-15(14)22-3;/h6-9,13H,5,10-12H2,1-4H3,(H2,18,19,20);1H. The summed E-state index contributed by atoms with van der Waals surface area (Å²) in [7, 11) is 3.06. The molecule has 0 aliphatic carbocycles. The van der Waals surface area contributed by atoms with E-state index in [0.29, 0.717) is 12.5 Å². The van der Waals surface area contributed by atoms with E-state index >= 15 is 0 Å². The van der Waals surface area contributed by atoms with Crippen molar-refractivity contribution in [2.45, 2.75) is 20.3 Å². The number of rotatable bonds is 8. The molecule has 0 saturated heterocycles. The molecule has 0 fully saturated rings. The first-order valence-corrected chi connectivity index (χ1v) is 7.84. The highest BCUT2D eigenvalue weighted by molar-refractivity contribution is 14.0. The molecule has 0 spiro atoms. The average Bonchev–Trinajstić information content (AvgIpc) is 2.58. The Morgan fingerprint density at radius 1 is 1.25 bits per heavy atom. The predicted molar refractivity (Wildman–Crippen MR) is 107 cm³/mol. The Kier molecular flexibility index (Phi) is 12.0. The summed E-state index contributed by atoms with van der Waals surface area (Å²) in [6.07, 6.45) is 0.820. The van der Waals surface area contributed by atoms with Crippen LogP contribution in [0.5, 0.6) is 5.75 Å². The first-order chi connectivity index (χ1) is 11.1. The molecule has 0 aliphatic rings. The topological polar surface area (TPSA) is 72.0 Å². The highest BCUT2D eigenvalue weighted by atomic mass is 127. The van der Waals surface area contributed by atoms with Gasteiger partial charge in [0.05, 0.1) is 26.7 Å². The van der Waals surface area contributed by atoms with Crippen LogP contribution in [0.4, 0.5) is 0 Å². The van der Waals surface area contributed by atoms with Crippen LogP contribution in [0.2, 0.25) is 0 Å². The third-order valence-corrected chi connectivity index (χ3v) is 3.35. The van der Waals surface area contributed by atoms with Gasteiger partial charge in [-0.3, -0.25) is 9.79 Å². The van der Waals surface area contributed by atoms with Gasteiger partial charge in [-0.05, 0) is 25.0 Å². The van der Waals surface area contributed by atoms with Crippen molar-refractivity contribution in [1.82, 2.24) is 10.6 Å². The second-order valence-electron chi connectivity index (χ2n) is 5.13. The molecule has 7 heteroatoms. The Morgan fingerprint density at radius 3 is 2.58 bits per heavy atom. The van der Waals surface area contributed by atoms with Gasteiger partial charge in [-0.2, -0.15) is 0 Å². The fourth-order valence-corrected chi connectivity index (χ4v) is 2.07. The molecule has 0 radical (unpaired) electrons. The molecular weight excluding hydrogens is 421 g/mol. The molecule has 1 atom stereocenters. The van der Waals surface area contributed by atoms with Gasteiger partial charge in [0.2, 0.25) is 0 Å². The van der Waals surface area contributed by atoms with Crippen LogP contribution in [0.15, 0.2) is 29.3 Å². The number of para-hydroxylation sites is 1. The molecule has 0 saturated carbocycles. The third kappa shape index (κ3) is 7.85. The fourth-order valence-electron chi connectivity index (χ4n) is 2.07. The van der Waals surface area contributed by atoms with E-state index < -0.39 is 0 Å². The number of carbonyl (C=O) groups is 1. The molecule has 0 aromatic heterocycles. The summed E-state index contributed by atoms with van der Waals surface area (Å²) in [4.78, 5) is 15.8. The summed E-state index contributed by atoms with van der Waals surface area (Å²) in [5, 5.41) is 6.43. The number of nitrogens with zero attached hydrogens (tertiary/aromatic N) is 1. The van der Waals surface area contributed by atoms with Gasteiger partial charge in [0.15, 0.2) is 5.96 Å². The molecule has 6 nitrogen and oxygen atoms in total. The normalized spacial score (nSPS) is 11.9. The van der Waals surface area contributed by atoms with Crippen LogP contribution < -0.4 is 15.4 Å². The smallest absolute Gasteiger partial charge is 0.310 e. The molecule has 1 aromatic rings. The summed E-state index contributed by atoms with van der Waals surface area (Å²) in [5.74, 6) is 1.07. The Bertz CT molecular complexity index is 524. The number of carbonyl (C=O) groups excluding carboxylic acids is 1. The van der Waals surface area contributed by atoms with E-state index in [0.717, 1.165) is 30.8 Å². The van der Waals surface area contributed by atoms with Gasteiger partial charge in [-0.1, -0.05) is 25.1 Å². The summed E-state index contributed by atoms with van der Waals surface area (Å²) in [6, 6.07) is 7.95. The summed E-state index contributed by atoms with van der Waals surface area (Å²) in [5.41, 5.74) is 1.14. The zero-order chi connectivity index (χ0) is 17.1. The lowest BCUT2D eigenvalue weighted by Gasteiger charge is -2.13. The first kappa shape index (κ1) is 22.5. The van der Waals surface area contributed by atoms with Crippen LogP contribution in [-0.2, 0) is 16.0 Å². The second kappa shape index (κ2) is 12.9. The fraction of sp³-hybridized carbons (Fsp3) is 0.529. The highest BCUT2D eigenvalue weighted by Crippen LogP contribution is 2.17. The molecule has 1 unspecified atom stereocenters. The second-order valence-corrected chi connectivity index (χ2v) is 5.13. The minimum atomic E-state index is -0.260. The number of esters is 1. The first-order valence-electron chi connectivity index (χ1n) is 7.84. The Labute approximate surface area is 161 Å². The zero-order valence-electron chi connectivity index (χ0n) is 14.8. The molecule has 0 aliphatic heterocycles. The molecule has 0 bridgehead atoms. The van der Waals surface area contributed by atoms with E-state index in [4.69, 9.17) is 9.47 Å². The van der Waals surface area contributed by atoms with Gasteiger partial charge in [-0.25, -0.2) is 0 Å². The van der Waals surface area contributed by atoms with Crippen LogP contribution in [0.1, 0.15) is 19.4 Å². The molecule has 0 heterocycles. The number of hydrogen-bond acceptors (Lipinski definition) is 4. The predicted octanol–water partition coefficient (Wildman–Crippen LogP) is 2.22. The zero-order valence-corrected chi connectivity index (χ0v) is 17.1. The number of guanidine groups is 1. The lowest BCUT2D eigenvalue weighted by Crippen LogP contribution is -2.39. The molecular formula is C17H28IN3O3. The van der Waals surface area contributed by atoms with Crippen molar-refractivity contribution in [1.29, 1.82) is 0 Å². The molecule has 0 amide bonds. The maximum Gasteiger partial charge on any atom is 0.310 e. The van der Waals surface area contributed by atoms with Crippen molar-refractivity contribution < 1.29 is 14.3 Å². The van der Waals surface area contributed by atoms with Crippen molar-refractivity contribution in [3.63, 3.8) is 0 Å². The molecule has 1 aromatic carbocycles. The van der Waals surface area contributed by atoms with Gasteiger partial charge >= 0.3 is 5.97 Å². The summed E-state index contributed by atoms with van der Waals surface area (Å²) >= 11 is 0. The van der Waals surface area contributed by atoms with Crippen LogP contribution in [0.3, 0.4) is 0 Å². The van der Waals surface area contributed by atoms with Crippen LogP contribution in [0.25, 0.3) is 0 Å². The summed E-state index contributed by atoms with van der Waals surface area (Å²) in [6.45, 7) is 5.66. The number of ether oxygens (including phenoxy) is 2. The van der Waals surface area contributed by atoms with Crippen LogP contribution in [0, 0.1) is 5.92 Å². The Balaban J connectivity index is 0.00000529. The van der Waals surface area contributed by atoms with Crippen molar-refractivity contribution in [3.8, 4) is 5.75 Å². The van der Waals surface area contributed by atoms with Crippen molar-refractivity contribution >= 4 is 35.9 Å². The van der Waals surface area contributed by atoms with Gasteiger partial charge in [-0.15, -0.1) is 24.0 Å². The molecule has 136 valence electrons. The number of benzene rings is 1. The van der Waals surface area contributed by atoms with E-state index in [2.05, 4.69) is 15.6 Å². The minimum Gasteiger partial charge on any atom is -0.496 e. The molecule has 2 N–H and O–H groups in total. The third-order valence-electron chi connectivity index (χ3n) is 3.35. The van der Waals surface area contributed by atoms with Crippen molar-refractivity contribution in [2.75, 3.05) is 33.9 Å². The van der Waals surface area contributed by atoms with E-state index in [-0.39, 0.29) is 35.9 Å². The van der Waals surface area contributed by atoms with E-state index in [1.807, 2.05) is 31.2 Å². The maximum atomic E-state index is 11.4.